The van der Waals surface area contributed by atoms with Crippen LogP contribution in [0.3, 0.4) is 0 Å². The molecule has 0 aromatic heterocycles. The molecular weight excluding hydrogens is 488 g/mol. The highest BCUT2D eigenvalue weighted by Crippen LogP contribution is 2.14. The maximum Gasteiger partial charge on any atom is 0.306 e. The maximum atomic E-state index is 12.0. The van der Waals surface area contributed by atoms with Crippen molar-refractivity contribution in [2.45, 2.75) is 157 Å². The number of esters is 1. The van der Waals surface area contributed by atoms with Gasteiger partial charge in [0.1, 0.15) is 6.61 Å². The van der Waals surface area contributed by atoms with Gasteiger partial charge < -0.3 is 4.74 Å². The molecular formula is C38H64O2. The van der Waals surface area contributed by atoms with E-state index < -0.39 is 0 Å². The smallest absolute Gasteiger partial charge is 0.306 e. The van der Waals surface area contributed by atoms with E-state index in [0.717, 1.165) is 51.4 Å². The zero-order valence-corrected chi connectivity index (χ0v) is 27.4. The Labute approximate surface area is 249 Å². The van der Waals surface area contributed by atoms with Crippen molar-refractivity contribution in [2.24, 2.45) is 0 Å². The molecule has 0 N–H and O–H groups in total. The second-order valence-electron chi connectivity index (χ2n) is 11.7. The van der Waals surface area contributed by atoms with Crippen LogP contribution < -0.4 is 0 Å². The summed E-state index contributed by atoms with van der Waals surface area (Å²) in [4.78, 5) is 12.0. The summed E-state index contributed by atoms with van der Waals surface area (Å²) in [6.07, 6.45) is 38.7. The van der Waals surface area contributed by atoms with E-state index >= 15 is 0 Å². The van der Waals surface area contributed by atoms with Crippen molar-refractivity contribution in [2.75, 3.05) is 6.61 Å². The molecule has 0 rings (SSSR count). The van der Waals surface area contributed by atoms with Crippen molar-refractivity contribution < 1.29 is 9.53 Å². The molecule has 40 heavy (non-hydrogen) atoms. The molecule has 0 spiro atoms. The molecule has 0 aliphatic carbocycles. The van der Waals surface area contributed by atoms with E-state index in [1.54, 1.807) is 0 Å². The SMILES string of the molecule is CCCCC/C=C\C/C=C\CCCCCCCC(=O)OC/C=C(\C)CCC=C(C)CC/C=C(\C)CCC=C(C)C. The van der Waals surface area contributed by atoms with Crippen LogP contribution in [0, 0.1) is 0 Å². The molecule has 0 saturated heterocycles. The molecule has 0 atom stereocenters. The predicted molar refractivity (Wildman–Crippen MR) is 179 cm³/mol. The first kappa shape index (κ1) is 37.9. The highest BCUT2D eigenvalue weighted by atomic mass is 16.5. The minimum atomic E-state index is -0.0605. The zero-order chi connectivity index (χ0) is 29.7. The van der Waals surface area contributed by atoms with E-state index in [0.29, 0.717) is 13.0 Å². The topological polar surface area (TPSA) is 26.3 Å². The van der Waals surface area contributed by atoms with Gasteiger partial charge in [-0.3, -0.25) is 4.79 Å². The molecule has 0 aromatic carbocycles. The molecule has 0 heterocycles. The van der Waals surface area contributed by atoms with Crippen molar-refractivity contribution in [3.8, 4) is 0 Å². The summed E-state index contributed by atoms with van der Waals surface area (Å²) < 4.78 is 5.42. The van der Waals surface area contributed by atoms with Gasteiger partial charge in [0.05, 0.1) is 0 Å². The van der Waals surface area contributed by atoms with Crippen LogP contribution in [0.2, 0.25) is 0 Å². The number of allylic oxidation sites excluding steroid dienone is 11. The number of carbonyl (C=O) groups excluding carboxylic acids is 1. The Hall–Kier alpha value is -2.09. The van der Waals surface area contributed by atoms with Crippen molar-refractivity contribution in [3.63, 3.8) is 0 Å². The van der Waals surface area contributed by atoms with Crippen LogP contribution in [0.5, 0.6) is 0 Å². The minimum absolute atomic E-state index is 0.0605. The number of rotatable bonds is 25. The summed E-state index contributed by atoms with van der Waals surface area (Å²) in [6, 6.07) is 0. The Morgan fingerprint density at radius 1 is 0.525 bits per heavy atom. The monoisotopic (exact) mass is 552 g/mol. The maximum absolute atomic E-state index is 12.0. The normalized spacial score (nSPS) is 13.0. The van der Waals surface area contributed by atoms with E-state index in [9.17, 15) is 4.79 Å². The molecule has 0 fully saturated rings. The average Bonchev–Trinajstić information content (AvgIpc) is 2.90. The van der Waals surface area contributed by atoms with Gasteiger partial charge >= 0.3 is 5.97 Å². The van der Waals surface area contributed by atoms with E-state index in [-0.39, 0.29) is 5.97 Å². The number of carbonyl (C=O) groups is 1. The van der Waals surface area contributed by atoms with Gasteiger partial charge in [-0.25, -0.2) is 0 Å². The quantitative estimate of drug-likeness (QED) is 0.0639. The summed E-state index contributed by atoms with van der Waals surface area (Å²) in [6.45, 7) is 13.6. The van der Waals surface area contributed by atoms with Gasteiger partial charge in [-0.2, -0.15) is 0 Å². The summed E-state index contributed by atoms with van der Waals surface area (Å²) >= 11 is 0. The van der Waals surface area contributed by atoms with Gasteiger partial charge in [0.15, 0.2) is 0 Å². The van der Waals surface area contributed by atoms with Gasteiger partial charge in [0.2, 0.25) is 0 Å². The summed E-state index contributed by atoms with van der Waals surface area (Å²) in [5.74, 6) is -0.0605. The number of unbranched alkanes of at least 4 members (excludes halogenated alkanes) is 8. The van der Waals surface area contributed by atoms with E-state index in [1.165, 1.54) is 80.1 Å². The third kappa shape index (κ3) is 28.9. The van der Waals surface area contributed by atoms with Crippen LogP contribution in [0.1, 0.15) is 157 Å². The summed E-state index contributed by atoms with van der Waals surface area (Å²) in [5.41, 5.74) is 5.66. The van der Waals surface area contributed by atoms with Crippen LogP contribution in [-0.2, 0) is 9.53 Å². The average molecular weight is 553 g/mol. The van der Waals surface area contributed by atoms with Crippen molar-refractivity contribution in [1.29, 1.82) is 0 Å². The second-order valence-corrected chi connectivity index (χ2v) is 11.7. The lowest BCUT2D eigenvalue weighted by Crippen LogP contribution is -2.04. The fourth-order valence-electron chi connectivity index (χ4n) is 4.42. The lowest BCUT2D eigenvalue weighted by molar-refractivity contribution is -0.142. The predicted octanol–water partition coefficient (Wildman–Crippen LogP) is 12.5. The molecule has 0 saturated carbocycles. The van der Waals surface area contributed by atoms with Crippen LogP contribution in [0.15, 0.2) is 70.9 Å². The Kier molecular flexibility index (Phi) is 27.0. The van der Waals surface area contributed by atoms with E-state index in [1.807, 2.05) is 0 Å². The molecule has 2 nitrogen and oxygen atoms in total. The van der Waals surface area contributed by atoms with Crippen LogP contribution >= 0.6 is 0 Å². The Morgan fingerprint density at radius 2 is 1.02 bits per heavy atom. The standard InChI is InChI=1S/C38H64O2/c1-7-8-9-10-11-12-13-14-15-16-17-18-19-20-21-31-38(39)40-33-32-37(6)30-24-29-36(5)28-23-27-35(4)26-22-25-34(2)3/h11-12,14-15,25,27,29,32H,7-10,13,16-24,26,28,30-31,33H2,1-6H3/b12-11-,15-14-,35-27+,36-29?,37-32+. The molecule has 0 aliphatic rings. The molecule has 0 unspecified atom stereocenters. The van der Waals surface area contributed by atoms with Crippen molar-refractivity contribution in [1.82, 2.24) is 0 Å². The third-order valence-electron chi connectivity index (χ3n) is 7.16. The lowest BCUT2D eigenvalue weighted by Gasteiger charge is -2.04. The van der Waals surface area contributed by atoms with Gasteiger partial charge in [0.25, 0.3) is 0 Å². The van der Waals surface area contributed by atoms with Gasteiger partial charge in [-0.05, 0) is 118 Å². The van der Waals surface area contributed by atoms with E-state index in [4.69, 9.17) is 4.74 Å². The zero-order valence-electron chi connectivity index (χ0n) is 27.4. The number of ether oxygens (including phenoxy) is 1. The van der Waals surface area contributed by atoms with Gasteiger partial charge in [-0.15, -0.1) is 0 Å². The first-order valence-corrected chi connectivity index (χ1v) is 16.4. The highest BCUT2D eigenvalue weighted by molar-refractivity contribution is 5.69. The van der Waals surface area contributed by atoms with Gasteiger partial charge in [0, 0.05) is 6.42 Å². The van der Waals surface area contributed by atoms with Crippen molar-refractivity contribution in [3.05, 3.63) is 70.9 Å². The molecule has 0 bridgehead atoms. The molecule has 0 aliphatic heterocycles. The first-order chi connectivity index (χ1) is 19.3. The fourth-order valence-corrected chi connectivity index (χ4v) is 4.42. The summed E-state index contributed by atoms with van der Waals surface area (Å²) in [5, 5.41) is 0. The Balaban J connectivity index is 3.75. The minimum Gasteiger partial charge on any atom is -0.461 e. The lowest BCUT2D eigenvalue weighted by atomic mass is 10.0. The van der Waals surface area contributed by atoms with Crippen LogP contribution in [0.4, 0.5) is 0 Å². The molecule has 0 aromatic rings. The largest absolute Gasteiger partial charge is 0.461 e. The molecule has 228 valence electrons. The number of hydrogen-bond donors (Lipinski definition) is 0. The Bertz CT molecular complexity index is 799. The fraction of sp³-hybridized carbons (Fsp3) is 0.658. The van der Waals surface area contributed by atoms with E-state index in [2.05, 4.69) is 90.2 Å². The van der Waals surface area contributed by atoms with Crippen molar-refractivity contribution >= 4 is 5.97 Å². The second kappa shape index (κ2) is 28.4. The third-order valence-corrected chi connectivity index (χ3v) is 7.16. The van der Waals surface area contributed by atoms with Crippen LogP contribution in [0.25, 0.3) is 0 Å². The first-order valence-electron chi connectivity index (χ1n) is 16.4. The number of hydrogen-bond acceptors (Lipinski definition) is 2. The van der Waals surface area contributed by atoms with Crippen LogP contribution in [-0.4, -0.2) is 12.6 Å². The molecule has 0 radical (unpaired) electrons. The van der Waals surface area contributed by atoms with Gasteiger partial charge in [-0.1, -0.05) is 104 Å². The molecule has 0 amide bonds. The highest BCUT2D eigenvalue weighted by Gasteiger charge is 2.02. The Morgan fingerprint density at radius 3 is 1.60 bits per heavy atom. The molecule has 2 heteroatoms. The summed E-state index contributed by atoms with van der Waals surface area (Å²) in [7, 11) is 0.